The van der Waals surface area contributed by atoms with E-state index in [4.69, 9.17) is 4.74 Å². The van der Waals surface area contributed by atoms with E-state index in [1.165, 1.54) is 11.1 Å². The van der Waals surface area contributed by atoms with Gasteiger partial charge in [-0.25, -0.2) is 4.98 Å². The Balaban J connectivity index is 1.85. The van der Waals surface area contributed by atoms with Crippen LogP contribution in [-0.4, -0.2) is 43.6 Å². The number of aliphatic imine (C=N–C) groups is 1. The van der Waals surface area contributed by atoms with Crippen molar-refractivity contribution < 1.29 is 4.74 Å². The smallest absolute Gasteiger partial charge is 0.193 e. The summed E-state index contributed by atoms with van der Waals surface area (Å²) in [6, 6.07) is 8.66. The predicted molar refractivity (Wildman–Crippen MR) is 105 cm³/mol. The third kappa shape index (κ3) is 5.83. The number of thiazole rings is 1. The maximum Gasteiger partial charge on any atom is 0.193 e. The van der Waals surface area contributed by atoms with Gasteiger partial charge < -0.3 is 15.0 Å². The summed E-state index contributed by atoms with van der Waals surface area (Å²) in [6.45, 7) is 5.69. The predicted octanol–water partition coefficient (Wildman–Crippen LogP) is 3.41. The van der Waals surface area contributed by atoms with Gasteiger partial charge in [-0.05, 0) is 25.8 Å². The maximum absolute atomic E-state index is 5.32. The number of methoxy groups -OCH3 is 1. The standard InChI is InChI=1S/C19H28N4OS/c1-14-6-8-16(9-7-14)10-11-21-19(20-3)23(4)12-17-13-25-18(22-17)15(2)24-5/h6-9,13,15H,10-12H2,1-5H3,(H,20,21). The van der Waals surface area contributed by atoms with Crippen molar-refractivity contribution in [3.05, 3.63) is 51.5 Å². The highest BCUT2D eigenvalue weighted by Gasteiger charge is 2.12. The van der Waals surface area contributed by atoms with E-state index in [-0.39, 0.29) is 6.10 Å². The summed E-state index contributed by atoms with van der Waals surface area (Å²) in [7, 11) is 5.54. The van der Waals surface area contributed by atoms with E-state index in [0.29, 0.717) is 0 Å². The van der Waals surface area contributed by atoms with Crippen LogP contribution in [0.15, 0.2) is 34.6 Å². The van der Waals surface area contributed by atoms with E-state index in [1.807, 2.05) is 21.0 Å². The summed E-state index contributed by atoms with van der Waals surface area (Å²) in [5.41, 5.74) is 3.65. The first-order valence-electron chi connectivity index (χ1n) is 8.48. The van der Waals surface area contributed by atoms with Gasteiger partial charge in [0.05, 0.1) is 12.2 Å². The molecule has 0 spiro atoms. The van der Waals surface area contributed by atoms with Crippen LogP contribution in [-0.2, 0) is 17.7 Å². The number of nitrogens with zero attached hydrogens (tertiary/aromatic N) is 3. The Hall–Kier alpha value is -1.92. The van der Waals surface area contributed by atoms with Gasteiger partial charge in [-0.15, -0.1) is 11.3 Å². The van der Waals surface area contributed by atoms with Gasteiger partial charge in [-0.1, -0.05) is 29.8 Å². The number of hydrogen-bond donors (Lipinski definition) is 1. The zero-order valence-corrected chi connectivity index (χ0v) is 16.6. The van der Waals surface area contributed by atoms with Crippen LogP contribution in [0.1, 0.15) is 34.9 Å². The quantitative estimate of drug-likeness (QED) is 0.607. The van der Waals surface area contributed by atoms with Crippen molar-refractivity contribution in [2.45, 2.75) is 32.9 Å². The number of rotatable bonds is 7. The Morgan fingerprint density at radius 2 is 2.08 bits per heavy atom. The summed E-state index contributed by atoms with van der Waals surface area (Å²) in [4.78, 5) is 11.1. The summed E-state index contributed by atoms with van der Waals surface area (Å²) >= 11 is 1.64. The molecule has 0 fully saturated rings. The molecule has 0 bridgehead atoms. The van der Waals surface area contributed by atoms with Crippen LogP contribution in [0.25, 0.3) is 0 Å². The maximum atomic E-state index is 5.32. The van der Waals surface area contributed by atoms with Crippen molar-refractivity contribution in [3.63, 3.8) is 0 Å². The van der Waals surface area contributed by atoms with Crippen molar-refractivity contribution in [1.29, 1.82) is 0 Å². The Morgan fingerprint density at radius 3 is 2.72 bits per heavy atom. The third-order valence-corrected chi connectivity index (χ3v) is 5.12. The molecule has 1 aromatic heterocycles. The topological polar surface area (TPSA) is 49.8 Å². The number of aromatic nitrogens is 1. The average Bonchev–Trinajstić information content (AvgIpc) is 3.08. The molecule has 1 atom stereocenters. The minimum Gasteiger partial charge on any atom is -0.375 e. The van der Waals surface area contributed by atoms with Crippen molar-refractivity contribution in [2.24, 2.45) is 4.99 Å². The fraction of sp³-hybridized carbons (Fsp3) is 0.474. The molecule has 0 aliphatic rings. The lowest BCUT2D eigenvalue weighted by Gasteiger charge is -2.21. The number of aryl methyl sites for hydroxylation is 1. The molecule has 0 radical (unpaired) electrons. The van der Waals surface area contributed by atoms with E-state index >= 15 is 0 Å². The number of benzene rings is 1. The molecule has 0 saturated heterocycles. The molecule has 6 heteroatoms. The Labute approximate surface area is 154 Å². The zero-order chi connectivity index (χ0) is 18.2. The average molecular weight is 361 g/mol. The highest BCUT2D eigenvalue weighted by Crippen LogP contribution is 2.20. The van der Waals surface area contributed by atoms with Crippen LogP contribution in [0.3, 0.4) is 0 Å². The summed E-state index contributed by atoms with van der Waals surface area (Å²) in [5, 5.41) is 6.51. The van der Waals surface area contributed by atoms with Crippen LogP contribution < -0.4 is 5.32 Å². The fourth-order valence-electron chi connectivity index (χ4n) is 2.46. The second-order valence-corrected chi connectivity index (χ2v) is 7.01. The number of ether oxygens (including phenoxy) is 1. The lowest BCUT2D eigenvalue weighted by atomic mass is 10.1. The summed E-state index contributed by atoms with van der Waals surface area (Å²) in [5.74, 6) is 0.876. The molecule has 1 aromatic carbocycles. The van der Waals surface area contributed by atoms with Gasteiger partial charge >= 0.3 is 0 Å². The SMILES string of the molecule is CN=C(NCCc1ccc(C)cc1)N(C)Cc1csc(C(C)OC)n1. The number of nitrogens with one attached hydrogen (secondary N) is 1. The lowest BCUT2D eigenvalue weighted by molar-refractivity contribution is 0.119. The molecule has 5 nitrogen and oxygen atoms in total. The van der Waals surface area contributed by atoms with Gasteiger partial charge in [0, 0.05) is 33.1 Å². The minimum absolute atomic E-state index is 0.0380. The normalized spacial score (nSPS) is 12.9. The molecule has 1 unspecified atom stereocenters. The number of hydrogen-bond acceptors (Lipinski definition) is 4. The monoisotopic (exact) mass is 360 g/mol. The van der Waals surface area contributed by atoms with Crippen molar-refractivity contribution in [1.82, 2.24) is 15.2 Å². The second kappa shape index (κ2) is 9.53. The Morgan fingerprint density at radius 1 is 1.36 bits per heavy atom. The molecule has 0 aliphatic heterocycles. The van der Waals surface area contributed by atoms with E-state index in [2.05, 4.69) is 56.8 Å². The lowest BCUT2D eigenvalue weighted by Crippen LogP contribution is -2.39. The molecular formula is C19H28N4OS. The van der Waals surface area contributed by atoms with Gasteiger partial charge in [0.2, 0.25) is 0 Å². The van der Waals surface area contributed by atoms with Gasteiger partial charge in [-0.2, -0.15) is 0 Å². The highest BCUT2D eigenvalue weighted by molar-refractivity contribution is 7.09. The van der Waals surface area contributed by atoms with Crippen LogP contribution in [0.4, 0.5) is 0 Å². The Kier molecular flexibility index (Phi) is 7.40. The van der Waals surface area contributed by atoms with Gasteiger partial charge in [0.1, 0.15) is 11.1 Å². The first-order valence-corrected chi connectivity index (χ1v) is 9.36. The fourth-order valence-corrected chi connectivity index (χ4v) is 3.30. The zero-order valence-electron chi connectivity index (χ0n) is 15.7. The van der Waals surface area contributed by atoms with E-state index < -0.39 is 0 Å². The first-order chi connectivity index (χ1) is 12.0. The molecule has 0 saturated carbocycles. The molecule has 136 valence electrons. The molecule has 25 heavy (non-hydrogen) atoms. The van der Waals surface area contributed by atoms with E-state index in [1.54, 1.807) is 18.4 Å². The Bertz CT molecular complexity index is 681. The van der Waals surface area contributed by atoms with E-state index in [9.17, 15) is 0 Å². The van der Waals surface area contributed by atoms with Crippen molar-refractivity contribution >= 4 is 17.3 Å². The van der Waals surface area contributed by atoms with Crippen LogP contribution >= 0.6 is 11.3 Å². The number of guanidine groups is 1. The molecule has 1 heterocycles. The highest BCUT2D eigenvalue weighted by atomic mass is 32.1. The molecule has 0 aliphatic carbocycles. The van der Waals surface area contributed by atoms with E-state index in [0.717, 1.165) is 36.2 Å². The van der Waals surface area contributed by atoms with Crippen LogP contribution in [0, 0.1) is 6.92 Å². The van der Waals surface area contributed by atoms with Crippen LogP contribution in [0.5, 0.6) is 0 Å². The van der Waals surface area contributed by atoms with Gasteiger partial charge in [-0.3, -0.25) is 4.99 Å². The molecule has 1 N–H and O–H groups in total. The summed E-state index contributed by atoms with van der Waals surface area (Å²) in [6.07, 6.45) is 1.01. The van der Waals surface area contributed by atoms with Crippen molar-refractivity contribution in [2.75, 3.05) is 27.7 Å². The van der Waals surface area contributed by atoms with Gasteiger partial charge in [0.15, 0.2) is 5.96 Å². The minimum atomic E-state index is 0.0380. The van der Waals surface area contributed by atoms with Crippen molar-refractivity contribution in [3.8, 4) is 0 Å². The third-order valence-electron chi connectivity index (χ3n) is 4.06. The van der Waals surface area contributed by atoms with Crippen LogP contribution in [0.2, 0.25) is 0 Å². The first kappa shape index (κ1) is 19.4. The summed E-state index contributed by atoms with van der Waals surface area (Å²) < 4.78 is 5.32. The van der Waals surface area contributed by atoms with Gasteiger partial charge in [0.25, 0.3) is 0 Å². The molecule has 0 amide bonds. The second-order valence-electron chi connectivity index (χ2n) is 6.12. The molecule has 2 rings (SSSR count). The molecular weight excluding hydrogens is 332 g/mol. The molecule has 2 aromatic rings. The largest absolute Gasteiger partial charge is 0.375 e.